The molecule has 2 aromatic carbocycles. The summed E-state index contributed by atoms with van der Waals surface area (Å²) in [6.07, 6.45) is 1.34. The van der Waals surface area contributed by atoms with Crippen LogP contribution in [0.1, 0.15) is 12.8 Å². The molecule has 0 bridgehead atoms. The molecule has 0 saturated heterocycles. The van der Waals surface area contributed by atoms with Crippen LogP contribution in [0.3, 0.4) is 0 Å². The average Bonchev–Trinajstić information content (AvgIpc) is 2.53. The quantitative estimate of drug-likeness (QED) is 0.310. The molecule has 0 radical (unpaired) electrons. The van der Waals surface area contributed by atoms with E-state index in [2.05, 4.69) is 35.3 Å². The van der Waals surface area contributed by atoms with E-state index in [0.29, 0.717) is 0 Å². The van der Waals surface area contributed by atoms with Gasteiger partial charge in [-0.25, -0.2) is 0 Å². The van der Waals surface area contributed by atoms with E-state index in [-0.39, 0.29) is 64.1 Å². The van der Waals surface area contributed by atoms with Crippen molar-refractivity contribution in [2.75, 3.05) is 0 Å². The fourth-order valence-corrected chi connectivity index (χ4v) is 2.02. The molecule has 10 heteroatoms. The second-order valence-electron chi connectivity index (χ2n) is 4.65. The standard InChI is InChI=1S/C13H9N.C4H6O4.ClH.2H3N.H2O.Pt/c1-2-6-11-10(5-1)9-14-13-8-4-3-7-12(11)13;5-3(6)1-2-4(7)8;;;;;/h1-9H;1-2H2,(H,5,6)(H,7,8);1H;2*1H3;1H2;/q;;;;;;+4/p-1. The number of carboxylic acids is 2. The number of para-hydroxylation sites is 1. The van der Waals surface area contributed by atoms with Crippen molar-refractivity contribution < 1.29 is 58.8 Å². The Morgan fingerprint density at radius 2 is 1.26 bits per heavy atom. The summed E-state index contributed by atoms with van der Waals surface area (Å²) < 4.78 is 0. The summed E-state index contributed by atoms with van der Waals surface area (Å²) in [5.74, 6) is -2.15. The van der Waals surface area contributed by atoms with Gasteiger partial charge in [-0.05, 0) is 11.5 Å². The van der Waals surface area contributed by atoms with Crippen LogP contribution in [0.15, 0.2) is 54.7 Å². The molecule has 1 aromatic heterocycles. The van der Waals surface area contributed by atoms with E-state index in [1.54, 1.807) is 0 Å². The summed E-state index contributed by atoms with van der Waals surface area (Å²) >= 11 is 0. The Hall–Kier alpha value is -2.09. The number of nitrogens with zero attached hydrogens (tertiary/aromatic N) is 1. The molecule has 150 valence electrons. The van der Waals surface area contributed by atoms with Crippen LogP contribution in [0, 0.1) is 0 Å². The van der Waals surface area contributed by atoms with Gasteiger partial charge in [0.05, 0.1) is 18.4 Å². The number of aromatic nitrogens is 1. The van der Waals surface area contributed by atoms with E-state index < -0.39 is 11.9 Å². The van der Waals surface area contributed by atoms with E-state index in [1.165, 1.54) is 16.2 Å². The van der Waals surface area contributed by atoms with Gasteiger partial charge in [-0.15, -0.1) is 0 Å². The van der Waals surface area contributed by atoms with E-state index in [9.17, 15) is 9.59 Å². The van der Waals surface area contributed by atoms with Gasteiger partial charge in [0.1, 0.15) is 0 Å². The third-order valence-corrected chi connectivity index (χ3v) is 3.05. The first-order chi connectivity index (χ1) is 10.6. The number of carboxylic acid groups (broad SMARTS) is 2. The van der Waals surface area contributed by atoms with Gasteiger partial charge in [0.25, 0.3) is 0 Å². The van der Waals surface area contributed by atoms with Gasteiger partial charge in [-0.2, -0.15) is 0 Å². The third kappa shape index (κ3) is 9.98. The molecule has 0 aliphatic heterocycles. The zero-order valence-electron chi connectivity index (χ0n) is 14.4. The molecule has 0 aliphatic rings. The summed E-state index contributed by atoms with van der Waals surface area (Å²) in [4.78, 5) is 23.7. The van der Waals surface area contributed by atoms with Crippen molar-refractivity contribution in [1.29, 1.82) is 0 Å². The van der Waals surface area contributed by atoms with Crippen LogP contribution in [-0.2, 0) is 30.7 Å². The summed E-state index contributed by atoms with van der Waals surface area (Å²) in [6, 6.07) is 16.6. The van der Waals surface area contributed by atoms with Gasteiger partial charge in [0.15, 0.2) is 0 Å². The molecule has 0 atom stereocenters. The minimum absolute atomic E-state index is 0. The fourth-order valence-electron chi connectivity index (χ4n) is 2.02. The fraction of sp³-hybridized carbons (Fsp3) is 0.118. The molecule has 8 nitrogen and oxygen atoms in total. The number of pyridine rings is 1. The van der Waals surface area contributed by atoms with Crippen molar-refractivity contribution in [3.8, 4) is 0 Å². The number of aliphatic carboxylic acids is 2. The normalized spacial score (nSPS) is 8.15. The predicted octanol–water partition coefficient (Wildman–Crippen LogP) is -0.175. The number of hydrogen-bond acceptors (Lipinski definition) is 5. The molecular weight excluding hydrogens is 557 g/mol. The van der Waals surface area contributed by atoms with Crippen LogP contribution in [0.25, 0.3) is 21.7 Å². The van der Waals surface area contributed by atoms with Crippen molar-refractivity contribution in [2.45, 2.75) is 12.8 Å². The summed E-state index contributed by atoms with van der Waals surface area (Å²) in [5, 5.41) is 19.5. The third-order valence-electron chi connectivity index (χ3n) is 3.05. The number of hydrogen-bond donors (Lipinski definition) is 4. The summed E-state index contributed by atoms with van der Waals surface area (Å²) in [5.41, 5.74) is 1.06. The Kier molecular flexibility index (Phi) is 19.4. The number of benzene rings is 2. The van der Waals surface area contributed by atoms with E-state index in [0.717, 1.165) is 5.52 Å². The number of rotatable bonds is 3. The maximum Gasteiger partial charge on any atom is 4.00 e. The Bertz CT molecular complexity index is 767. The van der Waals surface area contributed by atoms with Crippen LogP contribution in [0.2, 0.25) is 0 Å². The molecule has 3 aromatic rings. The van der Waals surface area contributed by atoms with Crippen LogP contribution < -0.4 is 24.7 Å². The second kappa shape index (κ2) is 16.1. The Morgan fingerprint density at radius 1 is 0.815 bits per heavy atom. The monoisotopic (exact) mass is 579 g/mol. The van der Waals surface area contributed by atoms with Crippen molar-refractivity contribution in [1.82, 2.24) is 17.3 Å². The molecule has 10 N–H and O–H groups in total. The minimum Gasteiger partial charge on any atom is -1.00 e. The number of halogens is 1. The molecule has 0 amide bonds. The van der Waals surface area contributed by atoms with Crippen LogP contribution in [0.4, 0.5) is 0 Å². The van der Waals surface area contributed by atoms with E-state index in [1.807, 2.05) is 24.4 Å². The molecule has 3 rings (SSSR count). The summed E-state index contributed by atoms with van der Waals surface area (Å²) in [7, 11) is 0. The number of fused-ring (bicyclic) bond motifs is 3. The van der Waals surface area contributed by atoms with Crippen molar-refractivity contribution in [3.05, 3.63) is 54.7 Å². The first kappa shape index (κ1) is 32.6. The smallest absolute Gasteiger partial charge is 1.00 e. The van der Waals surface area contributed by atoms with Gasteiger partial charge in [0.2, 0.25) is 0 Å². The van der Waals surface area contributed by atoms with Crippen molar-refractivity contribution in [3.63, 3.8) is 0 Å². The van der Waals surface area contributed by atoms with Gasteiger partial charge in [-0.3, -0.25) is 14.6 Å². The Balaban J connectivity index is -0.000000184. The van der Waals surface area contributed by atoms with Gasteiger partial charge in [-0.1, -0.05) is 42.5 Å². The Labute approximate surface area is 177 Å². The topological polar surface area (TPSA) is 189 Å². The SMILES string of the molecule is N.N.O.O=C(O)CCC(=O)O.[Cl-].[Pt+4].c1ccc2c(c1)cnc1ccccc12. The largest absolute Gasteiger partial charge is 4.00 e. The van der Waals surface area contributed by atoms with E-state index in [4.69, 9.17) is 10.2 Å². The first-order valence-electron chi connectivity index (χ1n) is 6.74. The maximum absolute atomic E-state index is 9.64. The zero-order valence-corrected chi connectivity index (χ0v) is 17.4. The van der Waals surface area contributed by atoms with E-state index >= 15 is 0 Å². The van der Waals surface area contributed by atoms with Gasteiger partial charge in [0, 0.05) is 17.0 Å². The van der Waals surface area contributed by atoms with Crippen LogP contribution in [-0.4, -0.2) is 32.6 Å². The molecule has 0 unspecified atom stereocenters. The predicted molar refractivity (Wildman–Crippen MR) is 97.4 cm³/mol. The molecule has 0 saturated carbocycles. The summed E-state index contributed by atoms with van der Waals surface area (Å²) in [6.45, 7) is 0. The average molecular weight is 580 g/mol. The molecule has 1 heterocycles. The van der Waals surface area contributed by atoms with Crippen molar-refractivity contribution >= 4 is 33.6 Å². The second-order valence-corrected chi connectivity index (χ2v) is 4.65. The maximum atomic E-state index is 9.64. The minimum atomic E-state index is -1.08. The molecule has 0 aliphatic carbocycles. The van der Waals surface area contributed by atoms with Gasteiger partial charge < -0.3 is 40.4 Å². The van der Waals surface area contributed by atoms with Crippen molar-refractivity contribution in [2.24, 2.45) is 0 Å². The Morgan fingerprint density at radius 3 is 1.78 bits per heavy atom. The molecular formula is C17H23ClN3O5Pt+3. The zero-order chi connectivity index (χ0) is 15.9. The number of carbonyl (C=O) groups is 2. The van der Waals surface area contributed by atoms with Crippen LogP contribution >= 0.6 is 0 Å². The first-order valence-corrected chi connectivity index (χ1v) is 6.74. The molecule has 0 fully saturated rings. The van der Waals surface area contributed by atoms with Crippen LogP contribution in [0.5, 0.6) is 0 Å². The molecule has 0 spiro atoms. The molecule has 27 heavy (non-hydrogen) atoms. The van der Waals surface area contributed by atoms with Gasteiger partial charge >= 0.3 is 33.0 Å².